The maximum absolute atomic E-state index is 13.3. The van der Waals surface area contributed by atoms with Crippen LogP contribution in [0.3, 0.4) is 0 Å². The number of urea groups is 1. The van der Waals surface area contributed by atoms with Gasteiger partial charge in [-0.25, -0.2) is 9.69 Å². The van der Waals surface area contributed by atoms with E-state index in [1.54, 1.807) is 0 Å². The highest BCUT2D eigenvalue weighted by Crippen LogP contribution is 2.51. The molecule has 5 nitrogen and oxygen atoms in total. The van der Waals surface area contributed by atoms with Crippen LogP contribution in [-0.2, 0) is 9.59 Å². The zero-order valence-electron chi connectivity index (χ0n) is 28.7. The van der Waals surface area contributed by atoms with Crippen molar-refractivity contribution < 1.29 is 14.4 Å². The van der Waals surface area contributed by atoms with Crippen molar-refractivity contribution >= 4 is 17.8 Å². The van der Waals surface area contributed by atoms with Crippen LogP contribution in [0.25, 0.3) is 0 Å². The number of amides is 4. The Morgan fingerprint density at radius 2 is 0.767 bits per heavy atom. The quantitative estimate of drug-likeness (QED) is 0.0837. The van der Waals surface area contributed by atoms with E-state index in [9.17, 15) is 14.4 Å². The van der Waals surface area contributed by atoms with Gasteiger partial charge >= 0.3 is 6.03 Å². The lowest BCUT2D eigenvalue weighted by Crippen LogP contribution is -2.60. The Morgan fingerprint density at radius 3 is 1.02 bits per heavy atom. The SMILES string of the molecule is CCCCCCCCCCCCCCCC(=O)N(C(=O)CCCCCCCCCCCCCCC)C(=O)N1CCC12CC2. The number of hydrogen-bond donors (Lipinski definition) is 0. The third-order valence-corrected chi connectivity index (χ3v) is 10.1. The van der Waals surface area contributed by atoms with E-state index in [1.807, 2.05) is 4.90 Å². The zero-order chi connectivity index (χ0) is 31.0. The van der Waals surface area contributed by atoms with Gasteiger partial charge in [0.05, 0.1) is 0 Å². The lowest BCUT2D eigenvalue weighted by molar-refractivity contribution is -0.142. The topological polar surface area (TPSA) is 57.7 Å². The van der Waals surface area contributed by atoms with Gasteiger partial charge in [-0.2, -0.15) is 0 Å². The van der Waals surface area contributed by atoms with Crippen LogP contribution >= 0.6 is 0 Å². The highest BCUT2D eigenvalue weighted by Gasteiger charge is 2.57. The molecular formula is C38H70N2O3. The molecule has 2 aliphatic rings. The van der Waals surface area contributed by atoms with Crippen molar-refractivity contribution in [1.82, 2.24) is 9.80 Å². The molecule has 1 saturated carbocycles. The summed E-state index contributed by atoms with van der Waals surface area (Å²) < 4.78 is 0. The van der Waals surface area contributed by atoms with E-state index in [4.69, 9.17) is 0 Å². The summed E-state index contributed by atoms with van der Waals surface area (Å²) in [4.78, 5) is 42.6. The number of carbonyl (C=O) groups is 3. The van der Waals surface area contributed by atoms with Crippen LogP contribution in [0.4, 0.5) is 4.79 Å². The minimum atomic E-state index is -0.330. The van der Waals surface area contributed by atoms with Crippen LogP contribution in [0.15, 0.2) is 0 Å². The van der Waals surface area contributed by atoms with Crippen LogP contribution in [0.5, 0.6) is 0 Å². The average Bonchev–Trinajstić information content (AvgIpc) is 3.81. The third-order valence-electron chi connectivity index (χ3n) is 10.1. The molecule has 250 valence electrons. The monoisotopic (exact) mass is 603 g/mol. The summed E-state index contributed by atoms with van der Waals surface area (Å²) in [5.74, 6) is -0.536. The van der Waals surface area contributed by atoms with Crippen LogP contribution in [0, 0.1) is 0 Å². The lowest BCUT2D eigenvalue weighted by atomic mass is 10.0. The first-order valence-corrected chi connectivity index (χ1v) is 19.2. The first-order chi connectivity index (χ1) is 21.1. The Morgan fingerprint density at radius 1 is 0.465 bits per heavy atom. The van der Waals surface area contributed by atoms with E-state index in [1.165, 1.54) is 128 Å². The molecule has 1 saturated heterocycles. The molecule has 0 atom stereocenters. The third kappa shape index (κ3) is 15.9. The second-order valence-corrected chi connectivity index (χ2v) is 14.0. The Kier molecular flexibility index (Phi) is 21.0. The fraction of sp³-hybridized carbons (Fsp3) is 0.921. The Labute approximate surface area is 266 Å². The Hall–Kier alpha value is -1.39. The highest BCUT2D eigenvalue weighted by molar-refractivity contribution is 6.10. The molecular weight excluding hydrogens is 532 g/mol. The molecule has 0 unspecified atom stereocenters. The molecule has 43 heavy (non-hydrogen) atoms. The number of nitrogens with zero attached hydrogens (tertiary/aromatic N) is 2. The number of unbranched alkanes of at least 4 members (excludes halogenated alkanes) is 24. The number of imide groups is 3. The van der Waals surface area contributed by atoms with Crippen molar-refractivity contribution in [2.75, 3.05) is 6.54 Å². The minimum Gasteiger partial charge on any atom is -0.318 e. The number of hydrogen-bond acceptors (Lipinski definition) is 3. The van der Waals surface area contributed by atoms with Crippen molar-refractivity contribution in [3.8, 4) is 0 Å². The molecule has 0 radical (unpaired) electrons. The summed E-state index contributed by atoms with van der Waals surface area (Å²) in [6, 6.07) is -0.330. The minimum absolute atomic E-state index is 0.0269. The van der Waals surface area contributed by atoms with Gasteiger partial charge in [0.25, 0.3) is 0 Å². The molecule has 0 aromatic carbocycles. The molecule has 1 spiro atoms. The maximum Gasteiger partial charge on any atom is 0.334 e. The van der Waals surface area contributed by atoms with E-state index in [0.717, 1.165) is 62.7 Å². The van der Waals surface area contributed by atoms with Gasteiger partial charge in [0.15, 0.2) is 0 Å². The first-order valence-electron chi connectivity index (χ1n) is 19.2. The first kappa shape index (κ1) is 37.8. The van der Waals surface area contributed by atoms with Gasteiger partial charge in [-0.3, -0.25) is 9.59 Å². The highest BCUT2D eigenvalue weighted by atomic mass is 16.2. The molecule has 1 aliphatic heterocycles. The zero-order valence-corrected chi connectivity index (χ0v) is 28.7. The summed E-state index contributed by atoms with van der Waals surface area (Å²) in [6.07, 6.45) is 36.3. The standard InChI is InChI=1S/C38H70N2O3/c1-3-5-7-9-11-13-15-17-19-21-23-25-27-29-35(41)40(37(43)39-34-33-38(39)31-32-38)36(42)30-28-26-24-22-20-18-16-14-12-10-8-6-4-2/h3-34H2,1-2H3. The normalized spacial score (nSPS) is 15.1. The lowest BCUT2D eigenvalue weighted by Gasteiger charge is -2.43. The molecule has 1 aliphatic carbocycles. The van der Waals surface area contributed by atoms with E-state index < -0.39 is 0 Å². The van der Waals surface area contributed by atoms with Gasteiger partial charge < -0.3 is 4.90 Å². The van der Waals surface area contributed by atoms with Gasteiger partial charge in [0.2, 0.25) is 11.8 Å². The molecule has 4 amide bonds. The summed E-state index contributed by atoms with van der Waals surface area (Å²) in [7, 11) is 0. The predicted molar refractivity (Wildman–Crippen MR) is 181 cm³/mol. The second kappa shape index (κ2) is 23.9. The predicted octanol–water partition coefficient (Wildman–Crippen LogP) is 11.7. The van der Waals surface area contributed by atoms with E-state index >= 15 is 0 Å². The van der Waals surface area contributed by atoms with Crippen molar-refractivity contribution in [2.24, 2.45) is 0 Å². The summed E-state index contributed by atoms with van der Waals surface area (Å²) >= 11 is 0. The van der Waals surface area contributed by atoms with Crippen molar-refractivity contribution in [3.63, 3.8) is 0 Å². The van der Waals surface area contributed by atoms with E-state index in [-0.39, 0.29) is 23.4 Å². The second-order valence-electron chi connectivity index (χ2n) is 14.0. The van der Waals surface area contributed by atoms with Crippen molar-refractivity contribution in [1.29, 1.82) is 0 Å². The Bertz CT molecular complexity index is 705. The molecule has 0 aromatic rings. The van der Waals surface area contributed by atoms with Gasteiger partial charge in [-0.05, 0) is 32.1 Å². The Balaban J connectivity index is 1.57. The van der Waals surface area contributed by atoms with Crippen molar-refractivity contribution in [3.05, 3.63) is 0 Å². The molecule has 2 fully saturated rings. The van der Waals surface area contributed by atoms with Crippen LogP contribution in [0.1, 0.15) is 213 Å². The van der Waals surface area contributed by atoms with Gasteiger partial charge in [-0.1, -0.05) is 168 Å². The molecule has 0 N–H and O–H groups in total. The van der Waals surface area contributed by atoms with Gasteiger partial charge in [0.1, 0.15) is 0 Å². The smallest absolute Gasteiger partial charge is 0.318 e. The summed E-state index contributed by atoms with van der Waals surface area (Å²) in [5.41, 5.74) is -0.0269. The maximum atomic E-state index is 13.3. The van der Waals surface area contributed by atoms with Gasteiger partial charge in [-0.15, -0.1) is 0 Å². The summed E-state index contributed by atoms with van der Waals surface area (Å²) in [5, 5.41) is 0. The molecule has 2 rings (SSSR count). The fourth-order valence-electron chi connectivity index (χ4n) is 6.79. The van der Waals surface area contributed by atoms with Crippen LogP contribution in [-0.4, -0.2) is 39.7 Å². The largest absolute Gasteiger partial charge is 0.334 e. The van der Waals surface area contributed by atoms with Gasteiger partial charge in [0, 0.05) is 24.9 Å². The van der Waals surface area contributed by atoms with E-state index in [2.05, 4.69) is 13.8 Å². The summed E-state index contributed by atoms with van der Waals surface area (Å²) in [6.45, 7) is 5.22. The number of carbonyl (C=O) groups excluding carboxylic acids is 3. The number of likely N-dealkylation sites (tertiary alicyclic amines) is 1. The molecule has 0 aromatic heterocycles. The number of rotatable bonds is 28. The van der Waals surface area contributed by atoms with Crippen LogP contribution < -0.4 is 0 Å². The average molecular weight is 603 g/mol. The van der Waals surface area contributed by atoms with Crippen LogP contribution in [0.2, 0.25) is 0 Å². The fourth-order valence-corrected chi connectivity index (χ4v) is 6.79. The van der Waals surface area contributed by atoms with E-state index in [0.29, 0.717) is 19.4 Å². The molecule has 0 bridgehead atoms. The van der Waals surface area contributed by atoms with Crippen molar-refractivity contribution in [2.45, 2.75) is 218 Å². The molecule has 5 heteroatoms. The molecule has 1 heterocycles.